The first kappa shape index (κ1) is 10.4. The van der Waals surface area contributed by atoms with Crippen LogP contribution in [-0.2, 0) is 7.05 Å². The van der Waals surface area contributed by atoms with Gasteiger partial charge in [0.25, 0.3) is 5.91 Å². The van der Waals surface area contributed by atoms with Gasteiger partial charge in [0.05, 0.1) is 11.9 Å². The van der Waals surface area contributed by atoms with Gasteiger partial charge >= 0.3 is 0 Å². The van der Waals surface area contributed by atoms with Crippen molar-refractivity contribution in [2.75, 3.05) is 5.32 Å². The van der Waals surface area contributed by atoms with Crippen molar-refractivity contribution in [3.63, 3.8) is 0 Å². The van der Waals surface area contributed by atoms with Crippen molar-refractivity contribution >= 4 is 11.6 Å². The molecule has 0 bridgehead atoms. The second-order valence-electron chi connectivity index (χ2n) is 3.36. The van der Waals surface area contributed by atoms with E-state index >= 15 is 0 Å². The smallest absolute Gasteiger partial charge is 0.255 e. The van der Waals surface area contributed by atoms with Crippen LogP contribution < -0.4 is 5.32 Å². The first-order valence-electron chi connectivity index (χ1n) is 4.71. The second-order valence-corrected chi connectivity index (χ2v) is 3.36. The number of aryl methyl sites for hydroxylation is 1. The Morgan fingerprint density at radius 1 is 1.38 bits per heavy atom. The highest BCUT2D eigenvalue weighted by atomic mass is 19.1. The van der Waals surface area contributed by atoms with Crippen LogP contribution in [0.2, 0.25) is 0 Å². The molecular weight excluding hydrogens is 209 g/mol. The van der Waals surface area contributed by atoms with E-state index in [1.54, 1.807) is 24.1 Å². The number of aromatic nitrogens is 2. The van der Waals surface area contributed by atoms with E-state index in [-0.39, 0.29) is 11.7 Å². The number of nitrogens with zero attached hydrogens (tertiary/aromatic N) is 2. The fourth-order valence-electron chi connectivity index (χ4n) is 1.29. The van der Waals surface area contributed by atoms with Crippen LogP contribution in [0.4, 0.5) is 10.1 Å². The van der Waals surface area contributed by atoms with Crippen LogP contribution >= 0.6 is 0 Å². The molecule has 1 heterocycles. The fourth-order valence-corrected chi connectivity index (χ4v) is 1.29. The van der Waals surface area contributed by atoms with Crippen LogP contribution in [-0.4, -0.2) is 15.7 Å². The first-order valence-corrected chi connectivity index (χ1v) is 4.71. The molecule has 16 heavy (non-hydrogen) atoms. The minimum atomic E-state index is -0.363. The van der Waals surface area contributed by atoms with Gasteiger partial charge in [0.2, 0.25) is 0 Å². The SMILES string of the molecule is Cn1cc(NC(=O)c2ccc(F)cc2)cn1. The van der Waals surface area contributed by atoms with E-state index in [1.165, 1.54) is 24.3 Å². The molecule has 0 aliphatic carbocycles. The van der Waals surface area contributed by atoms with Gasteiger partial charge in [-0.25, -0.2) is 4.39 Å². The molecule has 2 rings (SSSR count). The van der Waals surface area contributed by atoms with Crippen molar-refractivity contribution in [3.8, 4) is 0 Å². The zero-order valence-electron chi connectivity index (χ0n) is 8.64. The molecule has 1 aromatic carbocycles. The summed E-state index contributed by atoms with van der Waals surface area (Å²) in [4.78, 5) is 11.7. The molecule has 1 amide bonds. The maximum Gasteiger partial charge on any atom is 0.255 e. The van der Waals surface area contributed by atoms with E-state index in [1.807, 2.05) is 0 Å². The van der Waals surface area contributed by atoms with Crippen molar-refractivity contribution < 1.29 is 9.18 Å². The molecular formula is C11H10FN3O. The van der Waals surface area contributed by atoms with E-state index in [2.05, 4.69) is 10.4 Å². The van der Waals surface area contributed by atoms with Crippen molar-refractivity contribution in [1.82, 2.24) is 9.78 Å². The molecule has 0 aliphatic heterocycles. The molecule has 0 saturated heterocycles. The molecule has 5 heteroatoms. The van der Waals surface area contributed by atoms with Crippen LogP contribution in [0.25, 0.3) is 0 Å². The largest absolute Gasteiger partial charge is 0.319 e. The second kappa shape index (κ2) is 4.14. The number of carbonyl (C=O) groups is 1. The topological polar surface area (TPSA) is 46.9 Å². The number of nitrogens with one attached hydrogen (secondary N) is 1. The zero-order valence-corrected chi connectivity index (χ0v) is 8.64. The van der Waals surface area contributed by atoms with Gasteiger partial charge in [0, 0.05) is 18.8 Å². The average Bonchev–Trinajstić information content (AvgIpc) is 2.65. The van der Waals surface area contributed by atoms with Gasteiger partial charge in [-0.05, 0) is 24.3 Å². The van der Waals surface area contributed by atoms with Gasteiger partial charge in [-0.2, -0.15) is 5.10 Å². The van der Waals surface area contributed by atoms with Crippen molar-refractivity contribution in [2.45, 2.75) is 0 Å². The lowest BCUT2D eigenvalue weighted by molar-refractivity contribution is 0.102. The summed E-state index contributed by atoms with van der Waals surface area (Å²) in [6, 6.07) is 5.36. The number of anilines is 1. The van der Waals surface area contributed by atoms with Gasteiger partial charge in [-0.15, -0.1) is 0 Å². The summed E-state index contributed by atoms with van der Waals surface area (Å²) in [5.41, 5.74) is 1.02. The van der Waals surface area contributed by atoms with E-state index < -0.39 is 0 Å². The molecule has 1 N–H and O–H groups in total. The number of benzene rings is 1. The van der Waals surface area contributed by atoms with Crippen molar-refractivity contribution in [1.29, 1.82) is 0 Å². The summed E-state index contributed by atoms with van der Waals surface area (Å²) in [7, 11) is 1.76. The Morgan fingerprint density at radius 2 is 2.06 bits per heavy atom. The predicted molar refractivity (Wildman–Crippen MR) is 57.6 cm³/mol. The monoisotopic (exact) mass is 219 g/mol. The van der Waals surface area contributed by atoms with Gasteiger partial charge in [0.1, 0.15) is 5.82 Å². The molecule has 0 saturated carbocycles. The molecule has 1 aromatic heterocycles. The Balaban J connectivity index is 2.11. The average molecular weight is 219 g/mol. The van der Waals surface area contributed by atoms with Crippen LogP contribution in [0.3, 0.4) is 0 Å². The molecule has 0 fully saturated rings. The molecule has 0 spiro atoms. The van der Waals surface area contributed by atoms with E-state index in [0.717, 1.165) is 0 Å². The Kier molecular flexibility index (Phi) is 2.68. The minimum Gasteiger partial charge on any atom is -0.319 e. The van der Waals surface area contributed by atoms with Crippen LogP contribution in [0.5, 0.6) is 0 Å². The number of rotatable bonds is 2. The maximum atomic E-state index is 12.6. The molecule has 2 aromatic rings. The fraction of sp³-hybridized carbons (Fsp3) is 0.0909. The normalized spacial score (nSPS) is 10.1. The summed E-state index contributed by atoms with van der Waals surface area (Å²) in [6.07, 6.45) is 3.23. The molecule has 0 unspecified atom stereocenters. The highest BCUT2D eigenvalue weighted by Gasteiger charge is 2.06. The van der Waals surface area contributed by atoms with Crippen molar-refractivity contribution in [2.24, 2.45) is 7.05 Å². The number of amides is 1. The zero-order chi connectivity index (χ0) is 11.5. The van der Waals surface area contributed by atoms with Gasteiger partial charge in [0.15, 0.2) is 0 Å². The van der Waals surface area contributed by atoms with Gasteiger partial charge in [-0.3, -0.25) is 9.48 Å². The highest BCUT2D eigenvalue weighted by Crippen LogP contribution is 2.08. The van der Waals surface area contributed by atoms with E-state index in [9.17, 15) is 9.18 Å². The Labute approximate surface area is 91.7 Å². The van der Waals surface area contributed by atoms with Gasteiger partial charge < -0.3 is 5.32 Å². The Morgan fingerprint density at radius 3 is 2.62 bits per heavy atom. The summed E-state index contributed by atoms with van der Waals surface area (Å²) in [6.45, 7) is 0. The Hall–Kier alpha value is -2.17. The third-order valence-corrected chi connectivity index (χ3v) is 2.07. The lowest BCUT2D eigenvalue weighted by Crippen LogP contribution is -2.11. The Bertz CT molecular complexity index is 504. The number of carbonyl (C=O) groups excluding carboxylic acids is 1. The third-order valence-electron chi connectivity index (χ3n) is 2.07. The van der Waals surface area contributed by atoms with E-state index in [4.69, 9.17) is 0 Å². The standard InChI is InChI=1S/C11H10FN3O/c1-15-7-10(6-13-15)14-11(16)8-2-4-9(12)5-3-8/h2-7H,1H3,(H,14,16). The lowest BCUT2D eigenvalue weighted by Gasteiger charge is -2.01. The summed E-state index contributed by atoms with van der Waals surface area (Å²) < 4.78 is 14.2. The van der Waals surface area contributed by atoms with E-state index in [0.29, 0.717) is 11.3 Å². The van der Waals surface area contributed by atoms with Crippen LogP contribution in [0.15, 0.2) is 36.7 Å². The summed E-state index contributed by atoms with van der Waals surface area (Å²) in [5, 5.41) is 6.57. The summed E-state index contributed by atoms with van der Waals surface area (Å²) in [5.74, 6) is -0.647. The number of hydrogen-bond acceptors (Lipinski definition) is 2. The quantitative estimate of drug-likeness (QED) is 0.837. The van der Waals surface area contributed by atoms with Gasteiger partial charge in [-0.1, -0.05) is 0 Å². The van der Waals surface area contributed by atoms with Crippen LogP contribution in [0.1, 0.15) is 10.4 Å². The predicted octanol–water partition coefficient (Wildman–Crippen LogP) is 1.81. The van der Waals surface area contributed by atoms with Crippen molar-refractivity contribution in [3.05, 3.63) is 48.0 Å². The maximum absolute atomic E-state index is 12.6. The number of halogens is 1. The minimum absolute atomic E-state index is 0.284. The summed E-state index contributed by atoms with van der Waals surface area (Å²) >= 11 is 0. The highest BCUT2D eigenvalue weighted by molar-refractivity contribution is 6.04. The third kappa shape index (κ3) is 2.25. The number of hydrogen-bond donors (Lipinski definition) is 1. The molecule has 4 nitrogen and oxygen atoms in total. The first-order chi connectivity index (χ1) is 7.65. The lowest BCUT2D eigenvalue weighted by atomic mass is 10.2. The molecule has 82 valence electrons. The molecule has 0 atom stereocenters. The molecule has 0 aliphatic rings. The molecule has 0 radical (unpaired) electrons. The van der Waals surface area contributed by atoms with Crippen LogP contribution in [0, 0.1) is 5.82 Å².